The van der Waals surface area contributed by atoms with E-state index in [1.807, 2.05) is 27.7 Å². The largest absolute Gasteiger partial charge is 0.345 e. The molecule has 1 unspecified atom stereocenters. The number of nitrogens with one attached hydrogen (secondary N) is 2. The maximum Gasteiger partial charge on any atom is 0.265 e. The number of hydrogen-bond donors (Lipinski definition) is 2. The minimum atomic E-state index is -0.196. The lowest BCUT2D eigenvalue weighted by Crippen LogP contribution is -2.28. The number of aromatic amines is 1. The Kier molecular flexibility index (Phi) is 3.66. The molecule has 0 aliphatic carbocycles. The predicted octanol–water partition coefficient (Wildman–Crippen LogP) is 2.05. The van der Waals surface area contributed by atoms with E-state index in [-0.39, 0.29) is 17.4 Å². The zero-order valence-corrected chi connectivity index (χ0v) is 12.2. The molecule has 0 saturated carbocycles. The van der Waals surface area contributed by atoms with Crippen molar-refractivity contribution in [3.05, 3.63) is 28.5 Å². The summed E-state index contributed by atoms with van der Waals surface area (Å²) in [5, 5.41) is 13.6. The molecule has 0 aromatic carbocycles. The van der Waals surface area contributed by atoms with Gasteiger partial charge in [-0.2, -0.15) is 5.10 Å². The Morgan fingerprint density at radius 2 is 2.21 bits per heavy atom. The van der Waals surface area contributed by atoms with Crippen molar-refractivity contribution in [1.82, 2.24) is 25.1 Å². The molecule has 0 fully saturated rings. The Morgan fingerprint density at radius 3 is 2.79 bits per heavy atom. The van der Waals surface area contributed by atoms with E-state index in [9.17, 15) is 4.79 Å². The summed E-state index contributed by atoms with van der Waals surface area (Å²) in [4.78, 5) is 12.8. The molecule has 0 aliphatic heterocycles. The Bertz CT molecular complexity index is 555. The van der Waals surface area contributed by atoms with Gasteiger partial charge in [-0.3, -0.25) is 9.89 Å². The standard InChI is InChI=1S/C12H17N5OS/c1-7(8-5-13-14-6-8)15-11(18)9-10(12(2,3)4)16-17-19-9/h5-7H,1-4H3,(H,13,14)(H,15,18). The summed E-state index contributed by atoms with van der Waals surface area (Å²) in [7, 11) is 0. The first kappa shape index (κ1) is 13.7. The van der Waals surface area contributed by atoms with Gasteiger partial charge in [0.1, 0.15) is 4.88 Å². The van der Waals surface area contributed by atoms with Gasteiger partial charge in [0, 0.05) is 17.2 Å². The highest BCUT2D eigenvalue weighted by molar-refractivity contribution is 7.08. The summed E-state index contributed by atoms with van der Waals surface area (Å²) in [6.45, 7) is 7.95. The fourth-order valence-corrected chi connectivity index (χ4v) is 2.45. The Balaban J connectivity index is 2.15. The topological polar surface area (TPSA) is 83.6 Å². The summed E-state index contributed by atoms with van der Waals surface area (Å²) in [5.41, 5.74) is 1.47. The van der Waals surface area contributed by atoms with Crippen molar-refractivity contribution in [2.75, 3.05) is 0 Å². The molecule has 0 spiro atoms. The molecule has 7 heteroatoms. The van der Waals surface area contributed by atoms with Crippen molar-refractivity contribution in [2.24, 2.45) is 0 Å². The fourth-order valence-electron chi connectivity index (χ4n) is 1.67. The zero-order chi connectivity index (χ0) is 14.0. The van der Waals surface area contributed by atoms with Crippen molar-refractivity contribution in [3.63, 3.8) is 0 Å². The van der Waals surface area contributed by atoms with E-state index >= 15 is 0 Å². The number of H-pyrrole nitrogens is 1. The van der Waals surface area contributed by atoms with Gasteiger partial charge in [0.2, 0.25) is 0 Å². The smallest absolute Gasteiger partial charge is 0.265 e. The van der Waals surface area contributed by atoms with Crippen molar-refractivity contribution < 1.29 is 4.79 Å². The molecular weight excluding hydrogens is 262 g/mol. The van der Waals surface area contributed by atoms with Crippen molar-refractivity contribution in [1.29, 1.82) is 0 Å². The average Bonchev–Trinajstić information content (AvgIpc) is 2.99. The van der Waals surface area contributed by atoms with E-state index in [1.54, 1.807) is 12.4 Å². The third-order valence-electron chi connectivity index (χ3n) is 2.77. The third-order valence-corrected chi connectivity index (χ3v) is 3.50. The summed E-state index contributed by atoms with van der Waals surface area (Å²) >= 11 is 1.13. The molecule has 0 saturated heterocycles. The molecule has 2 N–H and O–H groups in total. The number of rotatable bonds is 3. The quantitative estimate of drug-likeness (QED) is 0.900. The molecule has 1 amide bonds. The van der Waals surface area contributed by atoms with Gasteiger partial charge in [0.25, 0.3) is 5.91 Å². The number of carbonyl (C=O) groups is 1. The van der Waals surface area contributed by atoms with Crippen LogP contribution in [0, 0.1) is 0 Å². The number of amides is 1. The van der Waals surface area contributed by atoms with Crippen LogP contribution in [0.15, 0.2) is 12.4 Å². The van der Waals surface area contributed by atoms with Crippen LogP contribution < -0.4 is 5.32 Å². The van der Waals surface area contributed by atoms with Gasteiger partial charge in [-0.05, 0) is 18.5 Å². The van der Waals surface area contributed by atoms with E-state index in [0.29, 0.717) is 4.88 Å². The van der Waals surface area contributed by atoms with E-state index in [1.165, 1.54) is 0 Å². The summed E-state index contributed by atoms with van der Waals surface area (Å²) in [5.74, 6) is -0.145. The van der Waals surface area contributed by atoms with Gasteiger partial charge in [-0.15, -0.1) is 5.10 Å². The Labute approximate surface area is 115 Å². The number of nitrogens with zero attached hydrogens (tertiary/aromatic N) is 3. The molecule has 6 nitrogen and oxygen atoms in total. The van der Waals surface area contributed by atoms with E-state index in [2.05, 4.69) is 25.1 Å². The monoisotopic (exact) mass is 279 g/mol. The molecule has 0 bridgehead atoms. The second-order valence-corrected chi connectivity index (χ2v) is 6.18. The van der Waals surface area contributed by atoms with Crippen LogP contribution >= 0.6 is 11.5 Å². The summed E-state index contributed by atoms with van der Waals surface area (Å²) in [6, 6.07) is -0.110. The van der Waals surface area contributed by atoms with Crippen LogP contribution in [0.4, 0.5) is 0 Å². The van der Waals surface area contributed by atoms with Gasteiger partial charge in [0.05, 0.1) is 17.9 Å². The normalized spacial score (nSPS) is 13.3. The van der Waals surface area contributed by atoms with Gasteiger partial charge >= 0.3 is 0 Å². The first-order valence-electron chi connectivity index (χ1n) is 6.02. The van der Waals surface area contributed by atoms with Crippen LogP contribution in [0.25, 0.3) is 0 Å². The van der Waals surface area contributed by atoms with Gasteiger partial charge in [0.15, 0.2) is 0 Å². The molecule has 2 heterocycles. The minimum absolute atomic E-state index is 0.110. The summed E-state index contributed by atoms with van der Waals surface area (Å²) in [6.07, 6.45) is 3.46. The highest BCUT2D eigenvalue weighted by Crippen LogP contribution is 2.26. The van der Waals surface area contributed by atoms with Crippen LogP contribution in [0.1, 0.15) is 54.7 Å². The van der Waals surface area contributed by atoms with E-state index in [0.717, 1.165) is 22.8 Å². The van der Waals surface area contributed by atoms with E-state index in [4.69, 9.17) is 0 Å². The molecule has 2 aromatic heterocycles. The third kappa shape index (κ3) is 2.98. The van der Waals surface area contributed by atoms with Crippen LogP contribution in [-0.4, -0.2) is 25.7 Å². The molecule has 102 valence electrons. The predicted molar refractivity (Wildman–Crippen MR) is 73.1 cm³/mol. The van der Waals surface area contributed by atoms with Crippen molar-refractivity contribution in [2.45, 2.75) is 39.2 Å². The van der Waals surface area contributed by atoms with Crippen LogP contribution in [0.5, 0.6) is 0 Å². The van der Waals surface area contributed by atoms with Gasteiger partial charge in [-0.1, -0.05) is 25.3 Å². The molecule has 19 heavy (non-hydrogen) atoms. The van der Waals surface area contributed by atoms with Crippen LogP contribution in [0.3, 0.4) is 0 Å². The average molecular weight is 279 g/mol. The molecule has 0 radical (unpaired) electrons. The lowest BCUT2D eigenvalue weighted by atomic mass is 9.91. The first-order chi connectivity index (χ1) is 8.89. The highest BCUT2D eigenvalue weighted by Gasteiger charge is 2.27. The Hall–Kier alpha value is -1.76. The summed E-state index contributed by atoms with van der Waals surface area (Å²) < 4.78 is 3.89. The number of aromatic nitrogens is 4. The maximum atomic E-state index is 12.3. The van der Waals surface area contributed by atoms with Crippen molar-refractivity contribution >= 4 is 17.4 Å². The molecule has 1 atom stereocenters. The van der Waals surface area contributed by atoms with Gasteiger partial charge < -0.3 is 5.32 Å². The van der Waals surface area contributed by atoms with E-state index < -0.39 is 0 Å². The minimum Gasteiger partial charge on any atom is -0.345 e. The highest BCUT2D eigenvalue weighted by atomic mass is 32.1. The number of hydrogen-bond acceptors (Lipinski definition) is 5. The van der Waals surface area contributed by atoms with Crippen molar-refractivity contribution in [3.8, 4) is 0 Å². The maximum absolute atomic E-state index is 12.3. The van der Waals surface area contributed by atoms with Crippen LogP contribution in [0.2, 0.25) is 0 Å². The SMILES string of the molecule is CC(NC(=O)c1snnc1C(C)(C)C)c1cn[nH]c1. The lowest BCUT2D eigenvalue weighted by molar-refractivity contribution is 0.0941. The second kappa shape index (κ2) is 5.08. The Morgan fingerprint density at radius 1 is 1.47 bits per heavy atom. The van der Waals surface area contributed by atoms with Gasteiger partial charge in [-0.25, -0.2) is 0 Å². The number of carbonyl (C=O) groups excluding carboxylic acids is 1. The lowest BCUT2D eigenvalue weighted by Gasteiger charge is -2.17. The first-order valence-corrected chi connectivity index (χ1v) is 6.79. The molecule has 2 aromatic rings. The molecule has 2 rings (SSSR count). The zero-order valence-electron chi connectivity index (χ0n) is 11.4. The van der Waals surface area contributed by atoms with Crippen LogP contribution in [-0.2, 0) is 5.41 Å². The fraction of sp³-hybridized carbons (Fsp3) is 0.500. The second-order valence-electron chi connectivity index (χ2n) is 5.43. The molecule has 0 aliphatic rings. The molecular formula is C12H17N5OS.